The molecule has 2 aromatic heterocycles. The van der Waals surface area contributed by atoms with E-state index in [0.717, 1.165) is 21.9 Å². The molecule has 0 amide bonds. The molecule has 0 atom stereocenters. The molecule has 0 aliphatic carbocycles. The van der Waals surface area contributed by atoms with E-state index in [0.29, 0.717) is 11.0 Å². The summed E-state index contributed by atoms with van der Waals surface area (Å²) in [7, 11) is 0. The normalized spacial score (nSPS) is 12.0. The number of aromatic amines is 1. The standard InChI is InChI=1S/C15H10N4O2S/c16-15(22)19-18-13-9-6-12-8(5-10(9)17-14(13)20)7-3-1-2-4-11(7)21-12/h1-6,17,20H,(H2,16,22). The summed E-state index contributed by atoms with van der Waals surface area (Å²) in [6.45, 7) is 0. The van der Waals surface area contributed by atoms with E-state index in [-0.39, 0.29) is 16.7 Å². The molecule has 0 saturated carbocycles. The van der Waals surface area contributed by atoms with Crippen molar-refractivity contribution < 1.29 is 9.52 Å². The highest BCUT2D eigenvalue weighted by Gasteiger charge is 2.14. The average molecular weight is 310 g/mol. The number of nitrogens with two attached hydrogens (primary N) is 1. The number of H-pyrrole nitrogens is 1. The van der Waals surface area contributed by atoms with Gasteiger partial charge in [0.25, 0.3) is 0 Å². The Bertz CT molecular complexity index is 1080. The molecule has 22 heavy (non-hydrogen) atoms. The zero-order valence-corrected chi connectivity index (χ0v) is 12.0. The van der Waals surface area contributed by atoms with Gasteiger partial charge in [-0.1, -0.05) is 18.2 Å². The highest BCUT2D eigenvalue weighted by atomic mass is 32.1. The highest BCUT2D eigenvalue weighted by Crippen LogP contribution is 2.39. The fourth-order valence-electron chi connectivity index (χ4n) is 2.59. The number of thiocarbonyl (C=S) groups is 1. The molecule has 108 valence electrons. The van der Waals surface area contributed by atoms with Gasteiger partial charge in [0.15, 0.2) is 5.69 Å². The predicted molar refractivity (Wildman–Crippen MR) is 88.5 cm³/mol. The minimum absolute atomic E-state index is 0.0908. The van der Waals surface area contributed by atoms with Gasteiger partial charge < -0.3 is 20.2 Å². The Morgan fingerprint density at radius 3 is 2.77 bits per heavy atom. The molecule has 4 rings (SSSR count). The number of furan rings is 1. The van der Waals surface area contributed by atoms with Crippen LogP contribution in [0.5, 0.6) is 5.88 Å². The number of fused-ring (bicyclic) bond motifs is 4. The van der Waals surface area contributed by atoms with Gasteiger partial charge in [0.2, 0.25) is 11.0 Å². The van der Waals surface area contributed by atoms with E-state index in [1.54, 1.807) is 0 Å². The van der Waals surface area contributed by atoms with Crippen LogP contribution in [0.3, 0.4) is 0 Å². The molecule has 4 N–H and O–H groups in total. The highest BCUT2D eigenvalue weighted by molar-refractivity contribution is 7.80. The molecule has 0 bridgehead atoms. The lowest BCUT2D eigenvalue weighted by atomic mass is 10.1. The van der Waals surface area contributed by atoms with Gasteiger partial charge in [0, 0.05) is 16.2 Å². The summed E-state index contributed by atoms with van der Waals surface area (Å²) in [6, 6.07) is 11.5. The topological polar surface area (TPSA) is 99.9 Å². The number of rotatable bonds is 1. The molecular formula is C15H10N4O2S. The molecule has 2 heterocycles. The number of hydrogen-bond acceptors (Lipinski definition) is 4. The van der Waals surface area contributed by atoms with Crippen molar-refractivity contribution in [1.82, 2.24) is 4.98 Å². The van der Waals surface area contributed by atoms with Crippen molar-refractivity contribution in [3.63, 3.8) is 0 Å². The quantitative estimate of drug-likeness (QED) is 0.364. The van der Waals surface area contributed by atoms with Crippen LogP contribution in [0.25, 0.3) is 32.8 Å². The number of aromatic nitrogens is 1. The monoisotopic (exact) mass is 310 g/mol. The molecule has 0 fully saturated rings. The Morgan fingerprint density at radius 2 is 1.95 bits per heavy atom. The lowest BCUT2D eigenvalue weighted by Crippen LogP contribution is -2.01. The minimum atomic E-state index is -0.0986. The Labute approximate surface area is 129 Å². The van der Waals surface area contributed by atoms with Crippen molar-refractivity contribution >= 4 is 55.9 Å². The maximum Gasteiger partial charge on any atom is 0.218 e. The van der Waals surface area contributed by atoms with Gasteiger partial charge in [0.1, 0.15) is 11.2 Å². The van der Waals surface area contributed by atoms with Crippen LogP contribution < -0.4 is 5.73 Å². The number of nitrogens with one attached hydrogen (secondary N) is 1. The smallest absolute Gasteiger partial charge is 0.218 e. The molecule has 0 aliphatic heterocycles. The first-order chi connectivity index (χ1) is 10.6. The Morgan fingerprint density at radius 1 is 1.14 bits per heavy atom. The van der Waals surface area contributed by atoms with E-state index < -0.39 is 0 Å². The van der Waals surface area contributed by atoms with E-state index in [4.69, 9.17) is 10.2 Å². The van der Waals surface area contributed by atoms with Crippen LogP contribution in [0.15, 0.2) is 51.0 Å². The SMILES string of the molecule is NC(=S)N=Nc1c(O)[nH]c2cc3c(cc12)oc1ccccc13. The third-order valence-corrected chi connectivity index (χ3v) is 3.58. The van der Waals surface area contributed by atoms with E-state index in [9.17, 15) is 5.11 Å². The van der Waals surface area contributed by atoms with Crippen molar-refractivity contribution in [2.45, 2.75) is 0 Å². The molecule has 6 nitrogen and oxygen atoms in total. The number of benzene rings is 2. The van der Waals surface area contributed by atoms with Gasteiger partial charge >= 0.3 is 0 Å². The van der Waals surface area contributed by atoms with Crippen LogP contribution in [-0.4, -0.2) is 15.2 Å². The summed E-state index contributed by atoms with van der Waals surface area (Å²) in [6.07, 6.45) is 0. The van der Waals surface area contributed by atoms with Crippen molar-refractivity contribution in [3.8, 4) is 5.88 Å². The van der Waals surface area contributed by atoms with Crippen LogP contribution in [0, 0.1) is 0 Å². The van der Waals surface area contributed by atoms with Gasteiger partial charge in [-0.15, -0.1) is 10.2 Å². The zero-order valence-electron chi connectivity index (χ0n) is 11.2. The van der Waals surface area contributed by atoms with Gasteiger partial charge in [-0.25, -0.2) is 0 Å². The van der Waals surface area contributed by atoms with Crippen molar-refractivity contribution in [1.29, 1.82) is 0 Å². The average Bonchev–Trinajstić information content (AvgIpc) is 2.99. The van der Waals surface area contributed by atoms with Crippen molar-refractivity contribution in [2.75, 3.05) is 0 Å². The first-order valence-corrected chi connectivity index (χ1v) is 6.91. The van der Waals surface area contributed by atoms with Crippen LogP contribution in [0.1, 0.15) is 0 Å². The third kappa shape index (κ3) is 1.83. The lowest BCUT2D eigenvalue weighted by Gasteiger charge is -1.92. The molecule has 0 unspecified atom stereocenters. The summed E-state index contributed by atoms with van der Waals surface area (Å²) < 4.78 is 5.83. The number of para-hydroxylation sites is 1. The third-order valence-electron chi connectivity index (χ3n) is 3.50. The number of aromatic hydroxyl groups is 1. The summed E-state index contributed by atoms with van der Waals surface area (Å²) in [5.74, 6) is -0.0908. The summed E-state index contributed by atoms with van der Waals surface area (Å²) in [5, 5.41) is 20.1. The molecule has 0 aliphatic rings. The van der Waals surface area contributed by atoms with Crippen molar-refractivity contribution in [2.24, 2.45) is 16.0 Å². The van der Waals surface area contributed by atoms with Crippen molar-refractivity contribution in [3.05, 3.63) is 36.4 Å². The Hall–Kier alpha value is -2.93. The first kappa shape index (κ1) is 12.8. The summed E-state index contributed by atoms with van der Waals surface area (Å²) >= 11 is 4.66. The largest absolute Gasteiger partial charge is 0.493 e. The van der Waals surface area contributed by atoms with E-state index in [1.807, 2.05) is 36.4 Å². The minimum Gasteiger partial charge on any atom is -0.493 e. The summed E-state index contributed by atoms with van der Waals surface area (Å²) in [5.41, 5.74) is 7.83. The predicted octanol–water partition coefficient (Wildman–Crippen LogP) is 4.10. The first-order valence-electron chi connectivity index (χ1n) is 6.50. The lowest BCUT2D eigenvalue weighted by molar-refractivity contribution is 0.459. The van der Waals surface area contributed by atoms with E-state index in [1.165, 1.54) is 0 Å². The van der Waals surface area contributed by atoms with Crippen LogP contribution in [0.4, 0.5) is 5.69 Å². The maximum absolute atomic E-state index is 9.98. The maximum atomic E-state index is 9.98. The van der Waals surface area contributed by atoms with Crippen LogP contribution in [0.2, 0.25) is 0 Å². The fourth-order valence-corrected chi connectivity index (χ4v) is 2.63. The second kappa shape index (κ2) is 4.54. The van der Waals surface area contributed by atoms with Gasteiger partial charge in [0.05, 0.1) is 5.52 Å². The molecule has 0 saturated heterocycles. The summed E-state index contributed by atoms with van der Waals surface area (Å²) in [4.78, 5) is 2.87. The molecule has 2 aromatic carbocycles. The second-order valence-electron chi connectivity index (χ2n) is 4.85. The molecule has 0 radical (unpaired) electrons. The zero-order chi connectivity index (χ0) is 15.3. The molecular weight excluding hydrogens is 300 g/mol. The van der Waals surface area contributed by atoms with Gasteiger partial charge in [-0.05, 0) is 30.4 Å². The van der Waals surface area contributed by atoms with Gasteiger partial charge in [-0.3, -0.25) is 0 Å². The van der Waals surface area contributed by atoms with Crippen LogP contribution in [-0.2, 0) is 0 Å². The Balaban J connectivity index is 2.05. The number of hydrogen-bond donors (Lipinski definition) is 3. The van der Waals surface area contributed by atoms with Crippen LogP contribution >= 0.6 is 12.2 Å². The molecule has 4 aromatic rings. The number of nitrogens with zero attached hydrogens (tertiary/aromatic N) is 2. The second-order valence-corrected chi connectivity index (χ2v) is 5.27. The Kier molecular flexibility index (Phi) is 2.64. The van der Waals surface area contributed by atoms with E-state index in [2.05, 4.69) is 27.4 Å². The fraction of sp³-hybridized carbons (Fsp3) is 0. The molecule has 0 spiro atoms. The van der Waals surface area contributed by atoms with E-state index >= 15 is 0 Å². The van der Waals surface area contributed by atoms with Gasteiger partial charge in [-0.2, -0.15) is 0 Å². The number of azo groups is 1. The molecule has 7 heteroatoms.